The Labute approximate surface area is 125 Å². The van der Waals surface area contributed by atoms with E-state index in [9.17, 15) is 4.79 Å². The molecule has 1 aromatic rings. The highest BCUT2D eigenvalue weighted by Crippen LogP contribution is 2.14. The van der Waals surface area contributed by atoms with Crippen molar-refractivity contribution in [3.05, 3.63) is 17.5 Å². The van der Waals surface area contributed by atoms with Crippen LogP contribution in [0.25, 0.3) is 0 Å². The summed E-state index contributed by atoms with van der Waals surface area (Å²) in [6.07, 6.45) is 1.42. The van der Waals surface area contributed by atoms with Gasteiger partial charge in [0.2, 0.25) is 5.91 Å². The Kier molecular flexibility index (Phi) is 6.20. The van der Waals surface area contributed by atoms with Crippen LogP contribution in [-0.2, 0) is 16.1 Å². The predicted octanol–water partition coefficient (Wildman–Crippen LogP) is 1.53. The maximum atomic E-state index is 11.8. The summed E-state index contributed by atoms with van der Waals surface area (Å²) in [4.78, 5) is 14.1. The Balaban J connectivity index is 1.60. The number of nitrogens with one attached hydrogen (secondary N) is 1. The van der Waals surface area contributed by atoms with E-state index in [1.807, 2.05) is 6.07 Å². The Morgan fingerprint density at radius 2 is 2.19 bits per heavy atom. The van der Waals surface area contributed by atoms with Gasteiger partial charge in [0.25, 0.3) is 0 Å². The number of carbonyl (C=O) groups is 1. The summed E-state index contributed by atoms with van der Waals surface area (Å²) in [5.41, 5.74) is 0.778. The lowest BCUT2D eigenvalue weighted by Crippen LogP contribution is -2.37. The largest absolute Gasteiger partial charge is 0.379 e. The molecule has 2 heterocycles. The zero-order valence-electron chi connectivity index (χ0n) is 12.9. The van der Waals surface area contributed by atoms with Crippen LogP contribution >= 0.6 is 0 Å². The molecule has 0 bridgehead atoms. The van der Waals surface area contributed by atoms with Gasteiger partial charge in [0.1, 0.15) is 11.5 Å². The molecule has 21 heavy (non-hydrogen) atoms. The zero-order valence-corrected chi connectivity index (χ0v) is 12.9. The second-order valence-corrected chi connectivity index (χ2v) is 5.71. The molecule has 1 aliphatic rings. The third-order valence-corrected chi connectivity index (χ3v) is 3.59. The highest BCUT2D eigenvalue weighted by Gasteiger charge is 2.11. The van der Waals surface area contributed by atoms with Crippen LogP contribution in [0.3, 0.4) is 0 Å². The summed E-state index contributed by atoms with van der Waals surface area (Å²) in [5.74, 6) is 1.24. The van der Waals surface area contributed by atoms with Crippen molar-refractivity contribution in [2.75, 3.05) is 32.8 Å². The van der Waals surface area contributed by atoms with E-state index in [2.05, 4.69) is 29.2 Å². The number of nitrogens with zero attached hydrogens (tertiary/aromatic N) is 2. The van der Waals surface area contributed by atoms with E-state index in [4.69, 9.17) is 9.26 Å². The van der Waals surface area contributed by atoms with Gasteiger partial charge in [0.15, 0.2) is 0 Å². The van der Waals surface area contributed by atoms with Gasteiger partial charge in [-0.25, -0.2) is 0 Å². The zero-order chi connectivity index (χ0) is 15.1. The smallest absolute Gasteiger partial charge is 0.220 e. The van der Waals surface area contributed by atoms with E-state index >= 15 is 0 Å². The van der Waals surface area contributed by atoms with Crippen molar-refractivity contribution >= 4 is 5.91 Å². The first-order valence-corrected chi connectivity index (χ1v) is 7.67. The molecule has 0 saturated carbocycles. The van der Waals surface area contributed by atoms with Gasteiger partial charge >= 0.3 is 0 Å². The molecule has 0 aliphatic carbocycles. The van der Waals surface area contributed by atoms with Gasteiger partial charge in [-0.05, 0) is 13.0 Å². The van der Waals surface area contributed by atoms with E-state index in [1.165, 1.54) is 0 Å². The van der Waals surface area contributed by atoms with Crippen LogP contribution in [0.15, 0.2) is 10.6 Å². The fourth-order valence-electron chi connectivity index (χ4n) is 2.25. The van der Waals surface area contributed by atoms with E-state index < -0.39 is 0 Å². The average molecular weight is 295 g/mol. The minimum absolute atomic E-state index is 0.0670. The van der Waals surface area contributed by atoms with Crippen LogP contribution < -0.4 is 5.32 Å². The van der Waals surface area contributed by atoms with Gasteiger partial charge in [-0.3, -0.25) is 9.69 Å². The Hall–Kier alpha value is -1.40. The first-order valence-electron chi connectivity index (χ1n) is 7.67. The minimum atomic E-state index is 0.0670. The Morgan fingerprint density at radius 1 is 1.43 bits per heavy atom. The molecule has 2 rings (SSSR count). The quantitative estimate of drug-likeness (QED) is 0.826. The van der Waals surface area contributed by atoms with Gasteiger partial charge < -0.3 is 14.6 Å². The van der Waals surface area contributed by atoms with Crippen molar-refractivity contribution < 1.29 is 14.1 Å². The molecule has 1 saturated heterocycles. The van der Waals surface area contributed by atoms with Crippen LogP contribution in [0.5, 0.6) is 0 Å². The fourth-order valence-corrected chi connectivity index (χ4v) is 2.25. The third-order valence-electron chi connectivity index (χ3n) is 3.59. The molecule has 6 heteroatoms. The summed E-state index contributed by atoms with van der Waals surface area (Å²) in [6, 6.07) is 1.90. The first-order chi connectivity index (χ1) is 10.1. The molecule has 1 aliphatic heterocycles. The van der Waals surface area contributed by atoms with E-state index in [0.29, 0.717) is 18.9 Å². The van der Waals surface area contributed by atoms with Crippen molar-refractivity contribution in [2.45, 2.75) is 39.2 Å². The molecule has 0 radical (unpaired) electrons. The Bertz CT molecular complexity index is 439. The van der Waals surface area contributed by atoms with Gasteiger partial charge in [-0.15, -0.1) is 0 Å². The number of ether oxygens (including phenoxy) is 1. The molecule has 118 valence electrons. The highest BCUT2D eigenvalue weighted by molar-refractivity contribution is 5.75. The number of hydrogen-bond acceptors (Lipinski definition) is 5. The van der Waals surface area contributed by atoms with E-state index in [1.54, 1.807) is 0 Å². The van der Waals surface area contributed by atoms with Crippen LogP contribution in [0.4, 0.5) is 0 Å². The number of morpholine rings is 1. The highest BCUT2D eigenvalue weighted by atomic mass is 16.5. The fraction of sp³-hybridized carbons (Fsp3) is 0.733. The first kappa shape index (κ1) is 16.0. The van der Waals surface area contributed by atoms with Crippen molar-refractivity contribution in [2.24, 2.45) is 0 Å². The summed E-state index contributed by atoms with van der Waals surface area (Å²) in [7, 11) is 0. The standard InChI is InChI=1S/C15H25N3O3/c1-12(2)14-10-13(17-21-14)11-16-15(19)4-3-5-18-6-8-20-9-7-18/h10,12H,3-9,11H2,1-2H3,(H,16,19). The van der Waals surface area contributed by atoms with Crippen molar-refractivity contribution in [1.82, 2.24) is 15.4 Å². The molecule has 1 amide bonds. The lowest BCUT2D eigenvalue weighted by Gasteiger charge is -2.26. The molecule has 0 atom stereocenters. The molecule has 0 aromatic carbocycles. The number of carbonyl (C=O) groups excluding carboxylic acids is 1. The molecular formula is C15H25N3O3. The van der Waals surface area contributed by atoms with Crippen LogP contribution in [0.2, 0.25) is 0 Å². The molecule has 1 fully saturated rings. The normalized spacial score (nSPS) is 16.3. The summed E-state index contributed by atoms with van der Waals surface area (Å²) >= 11 is 0. The maximum absolute atomic E-state index is 11.8. The minimum Gasteiger partial charge on any atom is -0.379 e. The van der Waals surface area contributed by atoms with E-state index in [0.717, 1.165) is 50.7 Å². The molecule has 0 spiro atoms. The number of rotatable bonds is 7. The van der Waals surface area contributed by atoms with Crippen molar-refractivity contribution in [1.29, 1.82) is 0 Å². The second-order valence-electron chi connectivity index (χ2n) is 5.71. The SMILES string of the molecule is CC(C)c1cc(CNC(=O)CCCN2CCOCC2)no1. The maximum Gasteiger partial charge on any atom is 0.220 e. The molecule has 0 unspecified atom stereocenters. The lowest BCUT2D eigenvalue weighted by atomic mass is 10.1. The lowest BCUT2D eigenvalue weighted by molar-refractivity contribution is -0.121. The van der Waals surface area contributed by atoms with Gasteiger partial charge in [-0.2, -0.15) is 0 Å². The van der Waals surface area contributed by atoms with Crippen molar-refractivity contribution in [3.8, 4) is 0 Å². The third kappa shape index (κ3) is 5.47. The average Bonchev–Trinajstić information content (AvgIpc) is 2.95. The van der Waals surface area contributed by atoms with Gasteiger partial charge in [0, 0.05) is 31.5 Å². The van der Waals surface area contributed by atoms with Crippen LogP contribution in [0, 0.1) is 0 Å². The number of hydrogen-bond donors (Lipinski definition) is 1. The van der Waals surface area contributed by atoms with Crippen LogP contribution in [0.1, 0.15) is 44.1 Å². The topological polar surface area (TPSA) is 67.6 Å². The molecule has 6 nitrogen and oxygen atoms in total. The number of amides is 1. The Morgan fingerprint density at radius 3 is 2.86 bits per heavy atom. The summed E-state index contributed by atoms with van der Waals surface area (Å²) in [6.45, 7) is 9.04. The van der Waals surface area contributed by atoms with Gasteiger partial charge in [0.05, 0.1) is 19.8 Å². The monoisotopic (exact) mass is 295 g/mol. The predicted molar refractivity (Wildman–Crippen MR) is 78.9 cm³/mol. The summed E-state index contributed by atoms with van der Waals surface area (Å²) < 4.78 is 10.5. The van der Waals surface area contributed by atoms with Crippen molar-refractivity contribution in [3.63, 3.8) is 0 Å². The van der Waals surface area contributed by atoms with Gasteiger partial charge in [-0.1, -0.05) is 19.0 Å². The number of aromatic nitrogens is 1. The molecular weight excluding hydrogens is 270 g/mol. The summed E-state index contributed by atoms with van der Waals surface area (Å²) in [5, 5.41) is 6.84. The second kappa shape index (κ2) is 8.14. The van der Waals surface area contributed by atoms with E-state index in [-0.39, 0.29) is 5.91 Å². The molecule has 1 N–H and O–H groups in total. The van der Waals surface area contributed by atoms with Crippen LogP contribution in [-0.4, -0.2) is 48.8 Å². The molecule has 1 aromatic heterocycles.